The van der Waals surface area contributed by atoms with Crippen LogP contribution in [0.5, 0.6) is 5.75 Å². The first-order valence-electron chi connectivity index (χ1n) is 6.59. The van der Waals surface area contributed by atoms with E-state index in [1.807, 2.05) is 0 Å². The maximum Gasteiger partial charge on any atom is 0.279 e. The van der Waals surface area contributed by atoms with Gasteiger partial charge in [-0.15, -0.1) is 0 Å². The summed E-state index contributed by atoms with van der Waals surface area (Å²) in [7, 11) is 0. The van der Waals surface area contributed by atoms with Crippen LogP contribution >= 0.6 is 0 Å². The molecule has 2 heterocycles. The van der Waals surface area contributed by atoms with Gasteiger partial charge in [0.2, 0.25) is 0 Å². The van der Waals surface area contributed by atoms with E-state index < -0.39 is 17.5 Å². The van der Waals surface area contributed by atoms with Crippen LogP contribution in [0.25, 0.3) is 0 Å². The summed E-state index contributed by atoms with van der Waals surface area (Å²) in [6, 6.07) is 6.23. The maximum absolute atomic E-state index is 13.2. The fourth-order valence-corrected chi connectivity index (χ4v) is 2.02. The number of phenols is 1. The number of rotatable bonds is 3. The van der Waals surface area contributed by atoms with Crippen LogP contribution in [0.15, 0.2) is 55.1 Å². The van der Waals surface area contributed by atoms with Crippen LogP contribution in [-0.4, -0.2) is 31.6 Å². The molecule has 114 valence electrons. The number of carbonyl (C=O) groups is 2. The summed E-state index contributed by atoms with van der Waals surface area (Å²) in [6.45, 7) is 0. The molecule has 0 amide bonds. The first-order chi connectivity index (χ1) is 11.1. The number of phenolic OH excluding ortho intramolecular Hbond substituents is 1. The van der Waals surface area contributed by atoms with Crippen molar-refractivity contribution in [1.29, 1.82) is 0 Å². The van der Waals surface area contributed by atoms with Gasteiger partial charge in [-0.2, -0.15) is 5.10 Å². The third-order valence-electron chi connectivity index (χ3n) is 3.16. The minimum atomic E-state index is -0.648. The van der Waals surface area contributed by atoms with Crippen molar-refractivity contribution in [3.05, 3.63) is 77.6 Å². The van der Waals surface area contributed by atoms with E-state index in [9.17, 15) is 19.1 Å². The molecule has 0 fully saturated rings. The molecule has 0 unspecified atom stereocenters. The molecule has 0 radical (unpaired) electrons. The minimum Gasteiger partial charge on any atom is -0.507 e. The van der Waals surface area contributed by atoms with Crippen LogP contribution in [0.4, 0.5) is 4.39 Å². The second kappa shape index (κ2) is 5.80. The number of pyridine rings is 1. The van der Waals surface area contributed by atoms with Crippen molar-refractivity contribution in [2.75, 3.05) is 0 Å². The lowest BCUT2D eigenvalue weighted by atomic mass is 10.1. The van der Waals surface area contributed by atoms with Gasteiger partial charge in [-0.05, 0) is 30.3 Å². The monoisotopic (exact) mass is 311 g/mol. The molecule has 1 N–H and O–H groups in total. The lowest BCUT2D eigenvalue weighted by molar-refractivity contribution is 0.0944. The van der Waals surface area contributed by atoms with Gasteiger partial charge < -0.3 is 5.11 Å². The molecule has 7 heteroatoms. The Kier molecular flexibility index (Phi) is 3.68. The van der Waals surface area contributed by atoms with Crippen molar-refractivity contribution in [3.63, 3.8) is 0 Å². The third-order valence-corrected chi connectivity index (χ3v) is 3.16. The lowest BCUT2D eigenvalue weighted by Gasteiger charge is -2.02. The first kappa shape index (κ1) is 14.6. The molecule has 0 aliphatic carbocycles. The van der Waals surface area contributed by atoms with Gasteiger partial charge in [-0.1, -0.05) is 0 Å². The molecular weight excluding hydrogens is 301 g/mol. The van der Waals surface area contributed by atoms with Crippen molar-refractivity contribution >= 4 is 11.7 Å². The summed E-state index contributed by atoms with van der Waals surface area (Å²) in [6.07, 6.45) is 5.31. The highest BCUT2D eigenvalue weighted by atomic mass is 19.1. The average Bonchev–Trinajstić information content (AvgIpc) is 3.06. The van der Waals surface area contributed by atoms with E-state index in [1.54, 1.807) is 12.1 Å². The summed E-state index contributed by atoms with van der Waals surface area (Å²) >= 11 is 0. The Morgan fingerprint density at radius 3 is 2.70 bits per heavy atom. The fraction of sp³-hybridized carbons (Fsp3) is 0. The normalized spacial score (nSPS) is 10.5. The molecule has 0 saturated carbocycles. The van der Waals surface area contributed by atoms with Gasteiger partial charge in [0.25, 0.3) is 5.91 Å². The molecule has 1 aromatic carbocycles. The molecule has 0 saturated heterocycles. The zero-order valence-corrected chi connectivity index (χ0v) is 11.7. The van der Waals surface area contributed by atoms with Gasteiger partial charge in [-0.3, -0.25) is 14.6 Å². The number of aromatic nitrogens is 3. The van der Waals surface area contributed by atoms with E-state index in [1.165, 1.54) is 24.8 Å². The van der Waals surface area contributed by atoms with Gasteiger partial charge in [0.05, 0.1) is 22.9 Å². The molecule has 0 atom stereocenters. The van der Waals surface area contributed by atoms with E-state index in [0.717, 1.165) is 22.9 Å². The lowest BCUT2D eigenvalue weighted by Crippen LogP contribution is -2.12. The summed E-state index contributed by atoms with van der Waals surface area (Å²) in [5.41, 5.74) is 0.171. The van der Waals surface area contributed by atoms with Crippen LogP contribution in [0.3, 0.4) is 0 Å². The number of hydrogen-bond donors (Lipinski definition) is 1. The highest BCUT2D eigenvalue weighted by Crippen LogP contribution is 2.21. The Labute approximate surface area is 129 Å². The molecule has 3 aromatic rings. The Morgan fingerprint density at radius 1 is 1.13 bits per heavy atom. The van der Waals surface area contributed by atoms with Crippen LogP contribution in [0.2, 0.25) is 0 Å². The standard InChI is InChI=1S/C16H10FN3O3/c17-12-3-4-14(21)13(6-12)15(22)11-8-19-20(9-11)16(23)10-2-1-5-18-7-10/h1-9,21H. The number of ketones is 1. The number of carbonyl (C=O) groups excluding carboxylic acids is 2. The van der Waals surface area contributed by atoms with E-state index in [-0.39, 0.29) is 16.9 Å². The maximum atomic E-state index is 13.2. The smallest absolute Gasteiger partial charge is 0.279 e. The van der Waals surface area contributed by atoms with Crippen LogP contribution in [0.1, 0.15) is 26.3 Å². The van der Waals surface area contributed by atoms with Crippen LogP contribution in [-0.2, 0) is 0 Å². The van der Waals surface area contributed by atoms with Crippen molar-refractivity contribution in [1.82, 2.24) is 14.8 Å². The number of hydrogen-bond acceptors (Lipinski definition) is 5. The molecule has 0 spiro atoms. The zero-order valence-electron chi connectivity index (χ0n) is 11.7. The molecule has 6 nitrogen and oxygen atoms in total. The van der Waals surface area contributed by atoms with Gasteiger partial charge in [0, 0.05) is 18.6 Å². The van der Waals surface area contributed by atoms with Crippen molar-refractivity contribution < 1.29 is 19.1 Å². The van der Waals surface area contributed by atoms with Crippen LogP contribution in [0, 0.1) is 5.82 Å². The van der Waals surface area contributed by atoms with Gasteiger partial charge in [-0.25, -0.2) is 9.07 Å². The SMILES string of the molecule is O=C(c1cnn(C(=O)c2cccnc2)c1)c1cc(F)ccc1O. The largest absolute Gasteiger partial charge is 0.507 e. The van der Waals surface area contributed by atoms with Crippen molar-refractivity contribution in [2.45, 2.75) is 0 Å². The quantitative estimate of drug-likeness (QED) is 0.748. The number of halogens is 1. The Morgan fingerprint density at radius 2 is 1.96 bits per heavy atom. The molecule has 0 aliphatic rings. The van der Waals surface area contributed by atoms with E-state index >= 15 is 0 Å². The molecule has 0 bridgehead atoms. The minimum absolute atomic E-state index is 0.0585. The summed E-state index contributed by atoms with van der Waals surface area (Å²) in [5.74, 6) is -2.08. The summed E-state index contributed by atoms with van der Waals surface area (Å²) < 4.78 is 14.2. The Balaban J connectivity index is 1.91. The molecule has 3 rings (SSSR count). The number of benzene rings is 1. The second-order valence-electron chi connectivity index (χ2n) is 4.71. The molecule has 2 aromatic heterocycles. The van der Waals surface area contributed by atoms with Gasteiger partial charge in [0.1, 0.15) is 11.6 Å². The Bertz CT molecular complexity index is 891. The first-order valence-corrected chi connectivity index (χ1v) is 6.59. The Hall–Kier alpha value is -3.35. The topological polar surface area (TPSA) is 85.1 Å². The molecule has 0 aliphatic heterocycles. The summed E-state index contributed by atoms with van der Waals surface area (Å²) in [5, 5.41) is 13.5. The van der Waals surface area contributed by atoms with E-state index in [2.05, 4.69) is 10.1 Å². The highest BCUT2D eigenvalue weighted by molar-refractivity contribution is 6.10. The van der Waals surface area contributed by atoms with Gasteiger partial charge >= 0.3 is 0 Å². The fourth-order valence-electron chi connectivity index (χ4n) is 2.02. The van der Waals surface area contributed by atoms with E-state index in [0.29, 0.717) is 5.56 Å². The van der Waals surface area contributed by atoms with Gasteiger partial charge in [0.15, 0.2) is 5.78 Å². The molecule has 23 heavy (non-hydrogen) atoms. The highest BCUT2D eigenvalue weighted by Gasteiger charge is 2.18. The predicted octanol–water partition coefficient (Wildman–Crippen LogP) is 2.04. The second-order valence-corrected chi connectivity index (χ2v) is 4.71. The van der Waals surface area contributed by atoms with Crippen LogP contribution < -0.4 is 0 Å². The number of nitrogens with zero attached hydrogens (tertiary/aromatic N) is 3. The third kappa shape index (κ3) is 2.84. The summed E-state index contributed by atoms with van der Waals surface area (Å²) in [4.78, 5) is 28.3. The predicted molar refractivity (Wildman–Crippen MR) is 77.7 cm³/mol. The van der Waals surface area contributed by atoms with Crippen molar-refractivity contribution in [2.24, 2.45) is 0 Å². The zero-order chi connectivity index (χ0) is 16.4. The van der Waals surface area contributed by atoms with E-state index in [4.69, 9.17) is 0 Å². The number of aromatic hydroxyl groups is 1. The average molecular weight is 311 g/mol. The van der Waals surface area contributed by atoms with Crippen molar-refractivity contribution in [3.8, 4) is 5.75 Å². The molecular formula is C16H10FN3O3.